The van der Waals surface area contributed by atoms with Gasteiger partial charge in [-0.3, -0.25) is 9.59 Å². The lowest BCUT2D eigenvalue weighted by molar-refractivity contribution is 0.100. The summed E-state index contributed by atoms with van der Waals surface area (Å²) in [4.78, 5) is 25.1. The van der Waals surface area contributed by atoms with Gasteiger partial charge in [-0.15, -0.1) is 0 Å². The number of carbonyl (C=O) groups excluding carboxylic acids is 1. The highest BCUT2D eigenvalue weighted by atomic mass is 16.1. The summed E-state index contributed by atoms with van der Waals surface area (Å²) in [5, 5.41) is 0.683. The van der Waals surface area contributed by atoms with Gasteiger partial charge in [0.2, 0.25) is 11.5 Å². The van der Waals surface area contributed by atoms with E-state index in [2.05, 4.69) is 4.98 Å². The molecule has 0 aliphatic carbocycles. The fraction of sp³-hybridized carbons (Fsp3) is 0.0909. The van der Waals surface area contributed by atoms with Crippen LogP contribution in [0.4, 0.5) is 0 Å². The molecule has 76 valence electrons. The van der Waals surface area contributed by atoms with Gasteiger partial charge in [-0.1, -0.05) is 18.2 Å². The largest absolute Gasteiger partial charge is 0.366 e. The highest BCUT2D eigenvalue weighted by Crippen LogP contribution is 2.17. The van der Waals surface area contributed by atoms with Crippen LogP contribution in [-0.2, 0) is 0 Å². The topological polar surface area (TPSA) is 76.0 Å². The number of aromatic amines is 1. The monoisotopic (exact) mass is 202 g/mol. The Morgan fingerprint density at radius 2 is 2.13 bits per heavy atom. The number of aryl methyl sites for hydroxylation is 1. The van der Waals surface area contributed by atoms with Gasteiger partial charge in [0, 0.05) is 11.5 Å². The molecule has 1 amide bonds. The number of carbonyl (C=O) groups is 1. The first kappa shape index (κ1) is 9.45. The van der Waals surface area contributed by atoms with Crippen molar-refractivity contribution in [2.45, 2.75) is 6.92 Å². The Labute approximate surface area is 85.7 Å². The van der Waals surface area contributed by atoms with Crippen LogP contribution in [0, 0.1) is 6.92 Å². The number of fused-ring (bicyclic) bond motifs is 1. The van der Waals surface area contributed by atoms with Crippen LogP contribution in [0.2, 0.25) is 0 Å². The number of nitrogens with two attached hydrogens (primary N) is 1. The highest BCUT2D eigenvalue weighted by Gasteiger charge is 2.08. The number of rotatable bonds is 1. The van der Waals surface area contributed by atoms with Crippen LogP contribution in [0.15, 0.2) is 29.1 Å². The van der Waals surface area contributed by atoms with Gasteiger partial charge in [0.15, 0.2) is 0 Å². The summed E-state index contributed by atoms with van der Waals surface area (Å²) < 4.78 is 0. The smallest absolute Gasteiger partial charge is 0.249 e. The summed E-state index contributed by atoms with van der Waals surface area (Å²) in [7, 11) is 0. The van der Waals surface area contributed by atoms with E-state index in [0.29, 0.717) is 10.9 Å². The molecule has 0 unspecified atom stereocenters. The molecule has 1 aromatic carbocycles. The number of hydrogen-bond donors (Lipinski definition) is 2. The zero-order valence-corrected chi connectivity index (χ0v) is 8.20. The molecule has 0 saturated carbocycles. The van der Waals surface area contributed by atoms with Crippen molar-refractivity contribution in [1.29, 1.82) is 0 Å². The van der Waals surface area contributed by atoms with Gasteiger partial charge in [0.25, 0.3) is 0 Å². The summed E-state index contributed by atoms with van der Waals surface area (Å²) in [6, 6.07) is 6.67. The predicted molar refractivity (Wildman–Crippen MR) is 57.8 cm³/mol. The molecule has 4 nitrogen and oxygen atoms in total. The molecule has 0 radical (unpaired) electrons. The van der Waals surface area contributed by atoms with E-state index in [4.69, 9.17) is 5.73 Å². The Hall–Kier alpha value is -2.10. The molecule has 0 aliphatic heterocycles. The number of nitrogens with one attached hydrogen (secondary N) is 1. The van der Waals surface area contributed by atoms with Crippen molar-refractivity contribution >= 4 is 16.8 Å². The van der Waals surface area contributed by atoms with Gasteiger partial charge in [-0.2, -0.15) is 0 Å². The normalized spacial score (nSPS) is 10.5. The fourth-order valence-electron chi connectivity index (χ4n) is 1.63. The first-order valence-corrected chi connectivity index (χ1v) is 4.52. The van der Waals surface area contributed by atoms with Gasteiger partial charge in [0.1, 0.15) is 0 Å². The van der Waals surface area contributed by atoms with Crippen LogP contribution >= 0.6 is 0 Å². The van der Waals surface area contributed by atoms with Gasteiger partial charge in [-0.25, -0.2) is 0 Å². The quantitative estimate of drug-likeness (QED) is 0.721. The van der Waals surface area contributed by atoms with Crippen molar-refractivity contribution in [3.8, 4) is 0 Å². The number of pyridine rings is 1. The van der Waals surface area contributed by atoms with Crippen LogP contribution < -0.4 is 11.3 Å². The van der Waals surface area contributed by atoms with E-state index in [1.807, 2.05) is 19.1 Å². The third kappa shape index (κ3) is 1.50. The number of para-hydroxylation sites is 1. The minimum Gasteiger partial charge on any atom is -0.366 e. The summed E-state index contributed by atoms with van der Waals surface area (Å²) in [6.07, 6.45) is 0. The molecule has 0 spiro atoms. The lowest BCUT2D eigenvalue weighted by Gasteiger charge is -2.04. The standard InChI is InChI=1S/C11H10N2O2/c1-6-3-2-4-7-8(11(12)15)5-9(14)13-10(6)7/h2-5H,1H3,(H2,12,15)(H,13,14). The Morgan fingerprint density at radius 1 is 1.40 bits per heavy atom. The second-order valence-corrected chi connectivity index (χ2v) is 3.41. The predicted octanol–water partition coefficient (Wildman–Crippen LogP) is 0.935. The Morgan fingerprint density at radius 3 is 2.80 bits per heavy atom. The molecule has 0 saturated heterocycles. The third-order valence-corrected chi connectivity index (χ3v) is 2.35. The summed E-state index contributed by atoms with van der Waals surface area (Å²) >= 11 is 0. The molecule has 0 bridgehead atoms. The third-order valence-electron chi connectivity index (χ3n) is 2.35. The average molecular weight is 202 g/mol. The maximum atomic E-state index is 11.3. The number of benzene rings is 1. The van der Waals surface area contributed by atoms with Gasteiger partial charge in [-0.05, 0) is 12.5 Å². The molecule has 1 aromatic heterocycles. The molecule has 3 N–H and O–H groups in total. The number of aromatic nitrogens is 1. The van der Waals surface area contributed by atoms with Crippen molar-refractivity contribution in [2.24, 2.45) is 5.73 Å². The van der Waals surface area contributed by atoms with Crippen LogP contribution in [0.3, 0.4) is 0 Å². The second-order valence-electron chi connectivity index (χ2n) is 3.41. The summed E-state index contributed by atoms with van der Waals surface area (Å²) in [5.74, 6) is -0.586. The molecule has 4 heteroatoms. The average Bonchev–Trinajstić information content (AvgIpc) is 2.18. The van der Waals surface area contributed by atoms with Crippen molar-refractivity contribution < 1.29 is 4.79 Å². The van der Waals surface area contributed by atoms with Crippen LogP contribution in [0.1, 0.15) is 15.9 Å². The summed E-state index contributed by atoms with van der Waals surface area (Å²) in [6.45, 7) is 1.86. The number of hydrogen-bond acceptors (Lipinski definition) is 2. The lowest BCUT2D eigenvalue weighted by Crippen LogP contribution is -2.16. The molecule has 15 heavy (non-hydrogen) atoms. The first-order chi connectivity index (χ1) is 7.09. The molecule has 0 fully saturated rings. The van der Waals surface area contributed by atoms with E-state index >= 15 is 0 Å². The zero-order chi connectivity index (χ0) is 11.0. The summed E-state index contributed by atoms with van der Waals surface area (Å²) in [5.41, 5.74) is 6.73. The van der Waals surface area contributed by atoms with Crippen molar-refractivity contribution in [1.82, 2.24) is 4.98 Å². The maximum absolute atomic E-state index is 11.3. The SMILES string of the molecule is Cc1cccc2c(C(N)=O)cc(=O)[nH]c12. The minimum atomic E-state index is -0.586. The van der Waals surface area contributed by atoms with Gasteiger partial charge in [0.05, 0.1) is 11.1 Å². The van der Waals surface area contributed by atoms with Crippen molar-refractivity contribution in [3.05, 3.63) is 45.7 Å². The molecular formula is C11H10N2O2. The highest BCUT2D eigenvalue weighted by molar-refractivity contribution is 6.05. The number of primary amides is 1. The number of amides is 1. The minimum absolute atomic E-state index is 0.262. The number of H-pyrrole nitrogens is 1. The maximum Gasteiger partial charge on any atom is 0.249 e. The van der Waals surface area contributed by atoms with Gasteiger partial charge < -0.3 is 10.7 Å². The van der Waals surface area contributed by atoms with E-state index in [1.54, 1.807) is 6.07 Å². The molecule has 2 rings (SSSR count). The Balaban J connectivity index is 2.99. The first-order valence-electron chi connectivity index (χ1n) is 4.52. The van der Waals surface area contributed by atoms with E-state index in [9.17, 15) is 9.59 Å². The molecule has 2 aromatic rings. The molecule has 1 heterocycles. The lowest BCUT2D eigenvalue weighted by atomic mass is 10.1. The van der Waals surface area contributed by atoms with Crippen LogP contribution in [-0.4, -0.2) is 10.9 Å². The van der Waals surface area contributed by atoms with Gasteiger partial charge >= 0.3 is 0 Å². The molecular weight excluding hydrogens is 192 g/mol. The second kappa shape index (κ2) is 3.24. The fourth-order valence-corrected chi connectivity index (χ4v) is 1.63. The van der Waals surface area contributed by atoms with Crippen molar-refractivity contribution in [2.75, 3.05) is 0 Å². The van der Waals surface area contributed by atoms with E-state index in [0.717, 1.165) is 5.56 Å². The zero-order valence-electron chi connectivity index (χ0n) is 8.20. The van der Waals surface area contributed by atoms with Crippen LogP contribution in [0.25, 0.3) is 10.9 Å². The van der Waals surface area contributed by atoms with E-state index in [-0.39, 0.29) is 11.1 Å². The Bertz CT molecular complexity index is 599. The Kier molecular flexibility index (Phi) is 2.04. The van der Waals surface area contributed by atoms with Crippen molar-refractivity contribution in [3.63, 3.8) is 0 Å². The van der Waals surface area contributed by atoms with E-state index in [1.165, 1.54) is 6.07 Å². The van der Waals surface area contributed by atoms with E-state index < -0.39 is 5.91 Å². The van der Waals surface area contributed by atoms with Crippen LogP contribution in [0.5, 0.6) is 0 Å². The molecule has 0 atom stereocenters. The molecule has 0 aliphatic rings.